The van der Waals surface area contributed by atoms with E-state index in [0.29, 0.717) is 12.0 Å². The summed E-state index contributed by atoms with van der Waals surface area (Å²) in [7, 11) is 0. The second kappa shape index (κ2) is 11.3. The summed E-state index contributed by atoms with van der Waals surface area (Å²) in [6.45, 7) is 9.32. The Labute approximate surface area is 189 Å². The molecule has 0 radical (unpaired) electrons. The van der Waals surface area contributed by atoms with Crippen LogP contribution in [0, 0.1) is 12.8 Å². The van der Waals surface area contributed by atoms with Gasteiger partial charge in [-0.3, -0.25) is 4.99 Å². The fraction of sp³-hybridized carbons (Fsp3) is 0.731. The zero-order valence-corrected chi connectivity index (χ0v) is 19.6. The molecule has 1 aromatic carbocycles. The third-order valence-electron chi connectivity index (χ3n) is 7.39. The largest absolute Gasteiger partial charge is 0.373 e. The number of aryl methyl sites for hydroxylation is 1. The van der Waals surface area contributed by atoms with Crippen molar-refractivity contribution in [2.24, 2.45) is 10.9 Å². The van der Waals surface area contributed by atoms with E-state index in [4.69, 9.17) is 9.73 Å². The minimum Gasteiger partial charge on any atom is -0.373 e. The van der Waals surface area contributed by atoms with E-state index < -0.39 is 0 Å². The lowest BCUT2D eigenvalue weighted by atomic mass is 9.89. The molecular formula is C26H42N4O. The van der Waals surface area contributed by atoms with Crippen molar-refractivity contribution in [3.63, 3.8) is 0 Å². The zero-order chi connectivity index (χ0) is 21.5. The molecule has 2 atom stereocenters. The normalized spacial score (nSPS) is 26.8. The van der Waals surface area contributed by atoms with Crippen LogP contribution in [0.3, 0.4) is 0 Å². The van der Waals surface area contributed by atoms with E-state index >= 15 is 0 Å². The van der Waals surface area contributed by atoms with Gasteiger partial charge < -0.3 is 20.3 Å². The molecular weight excluding hydrogens is 384 g/mol. The predicted octanol–water partition coefficient (Wildman–Crippen LogP) is 4.42. The van der Waals surface area contributed by atoms with Crippen LogP contribution in [0.4, 0.5) is 0 Å². The lowest BCUT2D eigenvalue weighted by Crippen LogP contribution is -2.50. The van der Waals surface area contributed by atoms with E-state index in [9.17, 15) is 0 Å². The van der Waals surface area contributed by atoms with Gasteiger partial charge in [0, 0.05) is 50.8 Å². The summed E-state index contributed by atoms with van der Waals surface area (Å²) in [5.41, 5.74) is 2.59. The molecule has 0 bridgehead atoms. The molecule has 0 aromatic heterocycles. The first-order valence-electron chi connectivity index (χ1n) is 12.7. The molecule has 5 heteroatoms. The van der Waals surface area contributed by atoms with Crippen molar-refractivity contribution in [3.05, 3.63) is 35.4 Å². The number of nitrogens with one attached hydrogen (secondary N) is 2. The Kier molecular flexibility index (Phi) is 8.26. The van der Waals surface area contributed by atoms with Gasteiger partial charge in [-0.25, -0.2) is 0 Å². The highest BCUT2D eigenvalue weighted by Gasteiger charge is 2.29. The van der Waals surface area contributed by atoms with E-state index in [1.807, 2.05) is 0 Å². The molecule has 3 aliphatic rings. The summed E-state index contributed by atoms with van der Waals surface area (Å²) in [5.74, 6) is 1.42. The number of benzene rings is 1. The maximum Gasteiger partial charge on any atom is 0.191 e. The van der Waals surface area contributed by atoms with Crippen LogP contribution in [0.2, 0.25) is 0 Å². The average Bonchev–Trinajstić information content (AvgIpc) is 3.34. The second-order valence-electron chi connectivity index (χ2n) is 9.72. The van der Waals surface area contributed by atoms with Crippen LogP contribution in [0.1, 0.15) is 75.5 Å². The molecule has 2 unspecified atom stereocenters. The van der Waals surface area contributed by atoms with Gasteiger partial charge in [-0.15, -0.1) is 0 Å². The van der Waals surface area contributed by atoms with Crippen molar-refractivity contribution >= 4 is 5.96 Å². The first kappa shape index (κ1) is 22.6. The summed E-state index contributed by atoms with van der Waals surface area (Å²) in [6, 6.07) is 10.2. The molecule has 4 rings (SSSR count). The first-order valence-corrected chi connectivity index (χ1v) is 12.7. The number of nitrogens with zero attached hydrogens (tertiary/aromatic N) is 2. The Hall–Kier alpha value is -1.59. The second-order valence-corrected chi connectivity index (χ2v) is 9.72. The molecule has 1 aromatic rings. The van der Waals surface area contributed by atoms with E-state index in [2.05, 4.69) is 53.6 Å². The van der Waals surface area contributed by atoms with Crippen LogP contribution in [0.25, 0.3) is 0 Å². The molecule has 2 heterocycles. The maximum absolute atomic E-state index is 6.20. The smallest absolute Gasteiger partial charge is 0.191 e. The van der Waals surface area contributed by atoms with E-state index in [0.717, 1.165) is 38.1 Å². The van der Waals surface area contributed by atoms with Crippen molar-refractivity contribution in [1.82, 2.24) is 15.5 Å². The summed E-state index contributed by atoms with van der Waals surface area (Å²) in [4.78, 5) is 7.76. The van der Waals surface area contributed by atoms with Gasteiger partial charge in [0.25, 0.3) is 0 Å². The van der Waals surface area contributed by atoms with Crippen molar-refractivity contribution in [2.75, 3.05) is 32.8 Å². The van der Waals surface area contributed by atoms with Crippen molar-refractivity contribution in [2.45, 2.75) is 83.4 Å². The molecule has 2 aliphatic heterocycles. The first-order chi connectivity index (χ1) is 15.2. The van der Waals surface area contributed by atoms with Crippen LogP contribution < -0.4 is 10.6 Å². The Morgan fingerprint density at radius 3 is 2.48 bits per heavy atom. The van der Waals surface area contributed by atoms with Crippen LogP contribution in [-0.2, 0) is 4.74 Å². The summed E-state index contributed by atoms with van der Waals surface area (Å²) < 4.78 is 6.20. The molecule has 2 saturated heterocycles. The Bertz CT molecular complexity index is 690. The molecule has 0 spiro atoms. The van der Waals surface area contributed by atoms with Crippen LogP contribution in [-0.4, -0.2) is 55.7 Å². The lowest BCUT2D eigenvalue weighted by Gasteiger charge is -2.36. The standard InChI is InChI=1S/C26H42N4O/c1-3-27-26(29-23-14-16-30(17-15-23)24-8-4-5-9-24)28-19-22-7-6-18-31-25(22)21-12-10-20(2)11-13-21/h10-13,22-25H,3-9,14-19H2,1-2H3,(H2,27,28,29). The number of rotatable bonds is 6. The van der Waals surface area contributed by atoms with Crippen molar-refractivity contribution in [1.29, 1.82) is 0 Å². The van der Waals surface area contributed by atoms with Crippen LogP contribution in [0.5, 0.6) is 0 Å². The van der Waals surface area contributed by atoms with Crippen LogP contribution in [0.15, 0.2) is 29.3 Å². The van der Waals surface area contributed by atoms with E-state index in [1.165, 1.54) is 69.2 Å². The molecule has 0 amide bonds. The minimum atomic E-state index is 0.163. The maximum atomic E-state index is 6.20. The number of guanidine groups is 1. The van der Waals surface area contributed by atoms with Gasteiger partial charge >= 0.3 is 0 Å². The Morgan fingerprint density at radius 1 is 1.03 bits per heavy atom. The lowest BCUT2D eigenvalue weighted by molar-refractivity contribution is -0.0250. The summed E-state index contributed by atoms with van der Waals surface area (Å²) in [5, 5.41) is 7.22. The summed E-state index contributed by atoms with van der Waals surface area (Å²) in [6.07, 6.45) is 10.6. The molecule has 2 N–H and O–H groups in total. The number of aliphatic imine (C=N–C) groups is 1. The average molecular weight is 427 g/mol. The summed E-state index contributed by atoms with van der Waals surface area (Å²) >= 11 is 0. The number of hydrogen-bond donors (Lipinski definition) is 2. The number of piperidine rings is 1. The molecule has 172 valence electrons. The third kappa shape index (κ3) is 6.23. The molecule has 5 nitrogen and oxygen atoms in total. The van der Waals surface area contributed by atoms with Gasteiger partial charge in [0.2, 0.25) is 0 Å². The fourth-order valence-corrected chi connectivity index (χ4v) is 5.56. The van der Waals surface area contributed by atoms with Gasteiger partial charge in [-0.05, 0) is 57.9 Å². The van der Waals surface area contributed by atoms with Crippen molar-refractivity contribution in [3.8, 4) is 0 Å². The van der Waals surface area contributed by atoms with Crippen LogP contribution >= 0.6 is 0 Å². The Morgan fingerprint density at radius 2 is 1.77 bits per heavy atom. The highest BCUT2D eigenvalue weighted by atomic mass is 16.5. The highest BCUT2D eigenvalue weighted by Crippen LogP contribution is 2.34. The van der Waals surface area contributed by atoms with Crippen molar-refractivity contribution < 1.29 is 4.74 Å². The number of ether oxygens (including phenoxy) is 1. The quantitative estimate of drug-likeness (QED) is 0.522. The van der Waals surface area contributed by atoms with E-state index in [-0.39, 0.29) is 6.10 Å². The number of hydrogen-bond acceptors (Lipinski definition) is 3. The molecule has 1 aliphatic carbocycles. The minimum absolute atomic E-state index is 0.163. The number of likely N-dealkylation sites (tertiary alicyclic amines) is 1. The fourth-order valence-electron chi connectivity index (χ4n) is 5.56. The zero-order valence-electron chi connectivity index (χ0n) is 19.6. The molecule has 3 fully saturated rings. The van der Waals surface area contributed by atoms with Gasteiger partial charge in [-0.1, -0.05) is 42.7 Å². The molecule has 1 saturated carbocycles. The predicted molar refractivity (Wildman–Crippen MR) is 129 cm³/mol. The highest BCUT2D eigenvalue weighted by molar-refractivity contribution is 5.80. The van der Waals surface area contributed by atoms with Gasteiger partial charge in [0.05, 0.1) is 6.10 Å². The van der Waals surface area contributed by atoms with E-state index in [1.54, 1.807) is 0 Å². The van der Waals surface area contributed by atoms with Gasteiger partial charge in [0.15, 0.2) is 5.96 Å². The monoisotopic (exact) mass is 426 g/mol. The SMILES string of the molecule is CCNC(=NCC1CCCOC1c1ccc(C)cc1)NC1CCN(C2CCCC2)CC1. The van der Waals surface area contributed by atoms with Gasteiger partial charge in [0.1, 0.15) is 0 Å². The Balaban J connectivity index is 1.32. The molecule has 31 heavy (non-hydrogen) atoms. The van der Waals surface area contributed by atoms with Gasteiger partial charge in [-0.2, -0.15) is 0 Å². The third-order valence-corrected chi connectivity index (χ3v) is 7.39. The topological polar surface area (TPSA) is 48.9 Å².